The number of para-hydroxylation sites is 1. The van der Waals surface area contributed by atoms with Crippen molar-refractivity contribution in [3.8, 4) is 0 Å². The maximum atomic E-state index is 13.3. The molecule has 1 aromatic carbocycles. The van der Waals surface area contributed by atoms with E-state index in [1.54, 1.807) is 6.07 Å². The second-order valence-electron chi connectivity index (χ2n) is 3.89. The van der Waals surface area contributed by atoms with Gasteiger partial charge in [0.05, 0.1) is 5.52 Å². The van der Waals surface area contributed by atoms with Crippen molar-refractivity contribution in [1.29, 1.82) is 0 Å². The summed E-state index contributed by atoms with van der Waals surface area (Å²) in [5.41, 5.74) is 1.29. The minimum absolute atomic E-state index is 0.232. The fraction of sp³-hybridized carbons (Fsp3) is 0.364. The van der Waals surface area contributed by atoms with Gasteiger partial charge in [-0.3, -0.25) is 0 Å². The molecule has 0 bridgehead atoms. The maximum absolute atomic E-state index is 13.3. The van der Waals surface area contributed by atoms with E-state index in [4.69, 9.17) is 0 Å². The van der Waals surface area contributed by atoms with Gasteiger partial charge in [-0.1, -0.05) is 12.5 Å². The number of fused-ring (bicyclic) bond motifs is 1. The molecule has 1 saturated carbocycles. The highest BCUT2D eigenvalue weighted by Crippen LogP contribution is 2.35. The van der Waals surface area contributed by atoms with E-state index >= 15 is 0 Å². The molecule has 1 N–H and O–H groups in total. The van der Waals surface area contributed by atoms with Crippen LogP contribution >= 0.6 is 0 Å². The summed E-state index contributed by atoms with van der Waals surface area (Å²) in [7, 11) is 0. The fourth-order valence-electron chi connectivity index (χ4n) is 1.89. The van der Waals surface area contributed by atoms with Gasteiger partial charge in [-0.15, -0.1) is 0 Å². The molecule has 2 nitrogen and oxygen atoms in total. The second-order valence-corrected chi connectivity index (χ2v) is 3.89. The molecule has 1 aromatic heterocycles. The second kappa shape index (κ2) is 2.80. The third-order valence-corrected chi connectivity index (χ3v) is 2.97. The summed E-state index contributed by atoms with van der Waals surface area (Å²) in [6.07, 6.45) is 3.63. The van der Waals surface area contributed by atoms with Gasteiger partial charge in [0.25, 0.3) is 0 Å². The van der Waals surface area contributed by atoms with Crippen molar-refractivity contribution in [3.63, 3.8) is 0 Å². The van der Waals surface area contributed by atoms with E-state index in [2.05, 4.69) is 9.97 Å². The van der Waals surface area contributed by atoms with Crippen molar-refractivity contribution < 1.29 is 4.39 Å². The van der Waals surface area contributed by atoms with Crippen LogP contribution in [-0.4, -0.2) is 9.97 Å². The zero-order valence-electron chi connectivity index (χ0n) is 7.76. The molecule has 2 aromatic rings. The van der Waals surface area contributed by atoms with E-state index in [0.717, 1.165) is 11.3 Å². The number of nitrogens with zero attached hydrogens (tertiary/aromatic N) is 1. The Bertz CT molecular complexity index is 471. The van der Waals surface area contributed by atoms with Crippen molar-refractivity contribution in [1.82, 2.24) is 9.97 Å². The maximum Gasteiger partial charge on any atom is 0.151 e. The van der Waals surface area contributed by atoms with Crippen molar-refractivity contribution in [2.75, 3.05) is 0 Å². The van der Waals surface area contributed by atoms with Gasteiger partial charge in [-0.25, -0.2) is 9.37 Å². The highest BCUT2D eigenvalue weighted by atomic mass is 19.1. The van der Waals surface area contributed by atoms with Crippen molar-refractivity contribution >= 4 is 11.0 Å². The Hall–Kier alpha value is -1.38. The number of rotatable bonds is 1. The van der Waals surface area contributed by atoms with Crippen molar-refractivity contribution in [3.05, 3.63) is 29.8 Å². The first kappa shape index (κ1) is 7.97. The minimum atomic E-state index is -0.232. The number of hydrogen-bond donors (Lipinski definition) is 1. The lowest BCUT2D eigenvalue weighted by Crippen LogP contribution is -2.10. The van der Waals surface area contributed by atoms with E-state index in [-0.39, 0.29) is 5.82 Å². The van der Waals surface area contributed by atoms with Gasteiger partial charge in [-0.05, 0) is 25.0 Å². The molecule has 0 atom stereocenters. The summed E-state index contributed by atoms with van der Waals surface area (Å²) in [6, 6.07) is 5.03. The van der Waals surface area contributed by atoms with Gasteiger partial charge in [0.2, 0.25) is 0 Å². The van der Waals surface area contributed by atoms with Crippen LogP contribution in [0, 0.1) is 5.82 Å². The van der Waals surface area contributed by atoms with Gasteiger partial charge in [0.1, 0.15) is 11.3 Å². The van der Waals surface area contributed by atoms with Crippen LogP contribution in [0.4, 0.5) is 4.39 Å². The van der Waals surface area contributed by atoms with Crippen LogP contribution in [0.2, 0.25) is 0 Å². The highest BCUT2D eigenvalue weighted by Gasteiger charge is 2.23. The first-order valence-electron chi connectivity index (χ1n) is 4.99. The number of aromatic nitrogens is 2. The Morgan fingerprint density at radius 2 is 2.21 bits per heavy atom. The van der Waals surface area contributed by atoms with Gasteiger partial charge in [0, 0.05) is 5.92 Å². The predicted molar refractivity (Wildman–Crippen MR) is 52.6 cm³/mol. The highest BCUT2D eigenvalue weighted by molar-refractivity contribution is 5.75. The summed E-state index contributed by atoms with van der Waals surface area (Å²) < 4.78 is 13.3. The third kappa shape index (κ3) is 1.05. The number of benzene rings is 1. The van der Waals surface area contributed by atoms with Crippen LogP contribution in [0.15, 0.2) is 18.2 Å². The molecular weight excluding hydrogens is 179 g/mol. The Morgan fingerprint density at radius 3 is 2.86 bits per heavy atom. The molecule has 0 radical (unpaired) electrons. The van der Waals surface area contributed by atoms with E-state index in [0.29, 0.717) is 11.4 Å². The lowest BCUT2D eigenvalue weighted by atomic mass is 9.85. The Kier molecular flexibility index (Phi) is 1.60. The lowest BCUT2D eigenvalue weighted by molar-refractivity contribution is 0.404. The molecule has 0 amide bonds. The molecule has 0 spiro atoms. The standard InChI is InChI=1S/C11H11FN2/c12-8-5-2-6-9-10(8)14-11(13-9)7-3-1-4-7/h2,5-7H,1,3-4H2,(H,13,14). The predicted octanol–water partition coefficient (Wildman–Crippen LogP) is 2.97. The van der Waals surface area contributed by atoms with Crippen LogP contribution in [0.5, 0.6) is 0 Å². The molecule has 14 heavy (non-hydrogen) atoms. The molecule has 0 saturated heterocycles. The molecular formula is C11H11FN2. The lowest BCUT2D eigenvalue weighted by Gasteiger charge is -2.22. The van der Waals surface area contributed by atoms with Crippen molar-refractivity contribution in [2.45, 2.75) is 25.2 Å². The summed E-state index contributed by atoms with van der Waals surface area (Å²) in [4.78, 5) is 7.49. The van der Waals surface area contributed by atoms with Crippen LogP contribution in [0.3, 0.4) is 0 Å². The largest absolute Gasteiger partial charge is 0.342 e. The first-order chi connectivity index (χ1) is 6.84. The number of halogens is 1. The third-order valence-electron chi connectivity index (χ3n) is 2.97. The molecule has 1 aliphatic carbocycles. The topological polar surface area (TPSA) is 28.7 Å². The monoisotopic (exact) mass is 190 g/mol. The molecule has 3 heteroatoms. The SMILES string of the molecule is Fc1cccc2[nH]c(C3CCC3)nc12. The Labute approximate surface area is 81.2 Å². The Morgan fingerprint density at radius 1 is 1.36 bits per heavy atom. The average Bonchev–Trinajstić information content (AvgIpc) is 2.46. The summed E-state index contributed by atoms with van der Waals surface area (Å²) in [5.74, 6) is 1.25. The first-order valence-corrected chi connectivity index (χ1v) is 4.99. The number of hydrogen-bond acceptors (Lipinski definition) is 1. The van der Waals surface area contributed by atoms with Crippen LogP contribution in [0.1, 0.15) is 31.0 Å². The molecule has 1 fully saturated rings. The van der Waals surface area contributed by atoms with Gasteiger partial charge in [-0.2, -0.15) is 0 Å². The van der Waals surface area contributed by atoms with Gasteiger partial charge in [0.15, 0.2) is 5.82 Å². The summed E-state index contributed by atoms with van der Waals surface area (Å²) in [6.45, 7) is 0. The zero-order valence-corrected chi connectivity index (χ0v) is 7.76. The molecule has 1 aliphatic rings. The summed E-state index contributed by atoms with van der Waals surface area (Å²) >= 11 is 0. The smallest absolute Gasteiger partial charge is 0.151 e. The number of aromatic amines is 1. The molecule has 72 valence electrons. The molecule has 3 rings (SSSR count). The van der Waals surface area contributed by atoms with E-state index < -0.39 is 0 Å². The van der Waals surface area contributed by atoms with Gasteiger partial charge >= 0.3 is 0 Å². The van der Waals surface area contributed by atoms with Crippen molar-refractivity contribution in [2.24, 2.45) is 0 Å². The number of imidazole rings is 1. The fourth-order valence-corrected chi connectivity index (χ4v) is 1.89. The number of nitrogens with one attached hydrogen (secondary N) is 1. The zero-order chi connectivity index (χ0) is 9.54. The Balaban J connectivity index is 2.15. The quantitative estimate of drug-likeness (QED) is 0.735. The van der Waals surface area contributed by atoms with E-state index in [1.165, 1.54) is 25.3 Å². The van der Waals surface area contributed by atoms with Crippen LogP contribution in [0.25, 0.3) is 11.0 Å². The minimum Gasteiger partial charge on any atom is -0.342 e. The summed E-state index contributed by atoms with van der Waals surface area (Å²) in [5, 5.41) is 0. The van der Waals surface area contributed by atoms with Crippen LogP contribution in [-0.2, 0) is 0 Å². The molecule has 0 aliphatic heterocycles. The van der Waals surface area contributed by atoms with Gasteiger partial charge < -0.3 is 4.98 Å². The normalized spacial score (nSPS) is 17.2. The van der Waals surface area contributed by atoms with E-state index in [9.17, 15) is 4.39 Å². The molecule has 0 unspecified atom stereocenters. The van der Waals surface area contributed by atoms with Crippen LogP contribution < -0.4 is 0 Å². The average molecular weight is 190 g/mol. The molecule has 1 heterocycles. The number of H-pyrrole nitrogens is 1. The van der Waals surface area contributed by atoms with E-state index in [1.807, 2.05) is 6.07 Å².